The van der Waals surface area contributed by atoms with Crippen LogP contribution in [0.3, 0.4) is 0 Å². The smallest absolute Gasteiger partial charge is 0.163 e. The first kappa shape index (κ1) is 29.3. The van der Waals surface area contributed by atoms with Gasteiger partial charge in [0.25, 0.3) is 0 Å². The number of hydrogen-bond acceptors (Lipinski definition) is 3. The molecule has 33 heavy (non-hydrogen) atoms. The summed E-state index contributed by atoms with van der Waals surface area (Å²) < 4.78 is 0. The first-order valence-electron chi connectivity index (χ1n) is 13.5. The van der Waals surface area contributed by atoms with Crippen LogP contribution < -0.4 is 0 Å². The highest BCUT2D eigenvalue weighted by Gasteiger charge is 2.27. The predicted molar refractivity (Wildman–Crippen MR) is 140 cm³/mol. The zero-order valence-electron chi connectivity index (χ0n) is 22.3. The van der Waals surface area contributed by atoms with Crippen molar-refractivity contribution < 1.29 is 14.4 Å². The van der Waals surface area contributed by atoms with Crippen LogP contribution in [0.5, 0.6) is 0 Å². The summed E-state index contributed by atoms with van der Waals surface area (Å²) in [5, 5.41) is 0. The summed E-state index contributed by atoms with van der Waals surface area (Å²) in [6.07, 6.45) is 13.9. The molecule has 1 rings (SSSR count). The molecule has 186 valence electrons. The maximum Gasteiger partial charge on any atom is 0.163 e. The summed E-state index contributed by atoms with van der Waals surface area (Å²) >= 11 is 0. The van der Waals surface area contributed by atoms with Gasteiger partial charge in [-0.3, -0.25) is 14.4 Å². The molecule has 0 atom stereocenters. The molecule has 0 bridgehead atoms. The normalized spacial score (nSPS) is 11.1. The van der Waals surface area contributed by atoms with Crippen LogP contribution in [-0.4, -0.2) is 17.3 Å². The highest BCUT2D eigenvalue weighted by atomic mass is 16.1. The van der Waals surface area contributed by atoms with Crippen LogP contribution >= 0.6 is 0 Å². The van der Waals surface area contributed by atoms with E-state index in [0.717, 1.165) is 93.7 Å². The lowest BCUT2D eigenvalue weighted by Crippen LogP contribution is -2.18. The lowest BCUT2D eigenvalue weighted by Gasteiger charge is -2.21. The minimum absolute atomic E-state index is 0.0844. The molecule has 0 spiro atoms. The molecular weight excluding hydrogens is 408 g/mol. The fourth-order valence-corrected chi connectivity index (χ4v) is 4.99. The second-order valence-corrected chi connectivity index (χ2v) is 9.70. The maximum absolute atomic E-state index is 13.3. The van der Waals surface area contributed by atoms with Crippen LogP contribution in [-0.2, 0) is 0 Å². The van der Waals surface area contributed by atoms with Gasteiger partial charge in [0.05, 0.1) is 0 Å². The molecule has 3 nitrogen and oxygen atoms in total. The van der Waals surface area contributed by atoms with Crippen molar-refractivity contribution in [1.29, 1.82) is 0 Å². The van der Waals surface area contributed by atoms with Crippen LogP contribution in [0, 0.1) is 20.8 Å². The fraction of sp³-hybridized carbons (Fsp3) is 0.700. The second-order valence-electron chi connectivity index (χ2n) is 9.70. The SMILES string of the molecule is CCCCCCC(=O)c1c(C)c(C(=O)CCCCCC)c(C)c(C(=O)CCCCCC)c1C. The van der Waals surface area contributed by atoms with E-state index in [1.807, 2.05) is 20.8 Å². The molecule has 0 radical (unpaired) electrons. The average Bonchev–Trinajstić information content (AvgIpc) is 2.77. The quantitative estimate of drug-likeness (QED) is 0.163. The Morgan fingerprint density at radius 2 is 0.667 bits per heavy atom. The van der Waals surface area contributed by atoms with E-state index in [1.54, 1.807) is 0 Å². The zero-order valence-corrected chi connectivity index (χ0v) is 22.3. The molecule has 0 saturated heterocycles. The number of carbonyl (C=O) groups excluding carboxylic acids is 3. The highest BCUT2D eigenvalue weighted by molar-refractivity contribution is 6.11. The largest absolute Gasteiger partial charge is 0.294 e. The summed E-state index contributed by atoms with van der Waals surface area (Å²) in [6.45, 7) is 12.2. The highest BCUT2D eigenvalue weighted by Crippen LogP contribution is 2.31. The van der Waals surface area contributed by atoms with E-state index in [-0.39, 0.29) is 17.3 Å². The molecule has 0 amide bonds. The third-order valence-corrected chi connectivity index (χ3v) is 6.86. The van der Waals surface area contributed by atoms with Crippen LogP contribution in [0.25, 0.3) is 0 Å². The summed E-state index contributed by atoms with van der Waals surface area (Å²) in [7, 11) is 0. The van der Waals surface area contributed by atoms with Crippen molar-refractivity contribution in [2.24, 2.45) is 0 Å². The minimum Gasteiger partial charge on any atom is -0.294 e. The van der Waals surface area contributed by atoms with E-state index in [0.29, 0.717) is 36.0 Å². The lowest BCUT2D eigenvalue weighted by atomic mass is 9.81. The molecule has 0 N–H and O–H groups in total. The lowest BCUT2D eigenvalue weighted by molar-refractivity contribution is 0.0978. The van der Waals surface area contributed by atoms with E-state index in [9.17, 15) is 14.4 Å². The Hall–Kier alpha value is -1.77. The van der Waals surface area contributed by atoms with Gasteiger partial charge in [-0.15, -0.1) is 0 Å². The third-order valence-electron chi connectivity index (χ3n) is 6.86. The summed E-state index contributed by atoms with van der Waals surface area (Å²) in [6, 6.07) is 0. The van der Waals surface area contributed by atoms with Crippen molar-refractivity contribution in [3.63, 3.8) is 0 Å². The summed E-state index contributed by atoms with van der Waals surface area (Å²) in [5.74, 6) is 0.253. The van der Waals surface area contributed by atoms with Crippen molar-refractivity contribution in [2.75, 3.05) is 0 Å². The number of carbonyl (C=O) groups is 3. The number of benzene rings is 1. The van der Waals surface area contributed by atoms with Crippen molar-refractivity contribution in [3.8, 4) is 0 Å². The van der Waals surface area contributed by atoms with Crippen molar-refractivity contribution in [1.82, 2.24) is 0 Å². The minimum atomic E-state index is 0.0844. The van der Waals surface area contributed by atoms with Gasteiger partial charge in [0.15, 0.2) is 17.3 Å². The van der Waals surface area contributed by atoms with Gasteiger partial charge in [-0.1, -0.05) is 78.6 Å². The fourth-order valence-electron chi connectivity index (χ4n) is 4.99. The average molecular weight is 457 g/mol. The number of Topliss-reactive ketones (excluding diaryl/α,β-unsaturated/α-hetero) is 3. The number of rotatable bonds is 18. The Morgan fingerprint density at radius 3 is 0.879 bits per heavy atom. The molecule has 0 aliphatic rings. The van der Waals surface area contributed by atoms with Gasteiger partial charge in [-0.25, -0.2) is 0 Å². The first-order valence-corrected chi connectivity index (χ1v) is 13.5. The van der Waals surface area contributed by atoms with Crippen LogP contribution in [0.2, 0.25) is 0 Å². The Labute approximate surface area is 203 Å². The van der Waals surface area contributed by atoms with E-state index in [2.05, 4.69) is 20.8 Å². The Morgan fingerprint density at radius 1 is 0.424 bits per heavy atom. The molecule has 0 heterocycles. The number of ketones is 3. The van der Waals surface area contributed by atoms with Gasteiger partial charge >= 0.3 is 0 Å². The maximum atomic E-state index is 13.3. The molecule has 3 heteroatoms. The monoisotopic (exact) mass is 456 g/mol. The first-order chi connectivity index (χ1) is 15.8. The van der Waals surface area contributed by atoms with Gasteiger partial charge in [-0.2, -0.15) is 0 Å². The van der Waals surface area contributed by atoms with Gasteiger partial charge < -0.3 is 0 Å². The predicted octanol–water partition coefficient (Wildman–Crippen LogP) is 9.07. The van der Waals surface area contributed by atoms with Gasteiger partial charge in [0.2, 0.25) is 0 Å². The zero-order chi connectivity index (χ0) is 24.8. The van der Waals surface area contributed by atoms with Crippen molar-refractivity contribution in [3.05, 3.63) is 33.4 Å². The Bertz CT molecular complexity index is 662. The molecule has 0 aromatic heterocycles. The van der Waals surface area contributed by atoms with E-state index >= 15 is 0 Å². The summed E-state index contributed by atoms with van der Waals surface area (Å²) in [5.41, 5.74) is 4.25. The number of hydrogen-bond donors (Lipinski definition) is 0. The molecule has 1 aromatic carbocycles. The summed E-state index contributed by atoms with van der Waals surface area (Å²) in [4.78, 5) is 39.9. The molecule has 0 aliphatic heterocycles. The van der Waals surface area contributed by atoms with Gasteiger partial charge in [0, 0.05) is 36.0 Å². The van der Waals surface area contributed by atoms with E-state index in [4.69, 9.17) is 0 Å². The molecule has 1 aromatic rings. The standard InChI is InChI=1S/C30H48O3/c1-7-10-13-16-19-25(31)28-22(4)29(26(32)20-17-14-11-8-2)24(6)30(23(28)5)27(33)21-18-15-12-9-3/h7-21H2,1-6H3. The van der Waals surface area contributed by atoms with E-state index in [1.165, 1.54) is 0 Å². The Balaban J connectivity index is 3.34. The van der Waals surface area contributed by atoms with Gasteiger partial charge in [-0.05, 0) is 56.7 Å². The van der Waals surface area contributed by atoms with Crippen LogP contribution in [0.15, 0.2) is 0 Å². The van der Waals surface area contributed by atoms with Crippen LogP contribution in [0.1, 0.15) is 165 Å². The third kappa shape index (κ3) is 8.83. The number of unbranched alkanes of at least 4 members (excludes halogenated alkanes) is 9. The molecule has 0 aliphatic carbocycles. The van der Waals surface area contributed by atoms with Crippen molar-refractivity contribution in [2.45, 2.75) is 138 Å². The molecule has 0 fully saturated rings. The van der Waals surface area contributed by atoms with Crippen molar-refractivity contribution >= 4 is 17.3 Å². The Kier molecular flexibility index (Phi) is 14.2. The molecule has 0 unspecified atom stereocenters. The van der Waals surface area contributed by atoms with E-state index < -0.39 is 0 Å². The van der Waals surface area contributed by atoms with Crippen LogP contribution in [0.4, 0.5) is 0 Å². The molecule has 0 saturated carbocycles. The van der Waals surface area contributed by atoms with Gasteiger partial charge in [0.1, 0.15) is 0 Å². The molecular formula is C30H48O3. The second kappa shape index (κ2) is 16.0. The topological polar surface area (TPSA) is 51.2 Å².